The molecule has 112 valence electrons. The van der Waals surface area contributed by atoms with Gasteiger partial charge in [0.15, 0.2) is 5.69 Å². The lowest BCUT2D eigenvalue weighted by Gasteiger charge is -2.15. The zero-order valence-electron chi connectivity index (χ0n) is 11.5. The highest BCUT2D eigenvalue weighted by atomic mass is 35.5. The summed E-state index contributed by atoms with van der Waals surface area (Å²) in [5.41, 5.74) is 0.372. The first-order valence-electron chi connectivity index (χ1n) is 6.28. The second-order valence-corrected chi connectivity index (χ2v) is 4.86. The lowest BCUT2D eigenvalue weighted by atomic mass is 10.1. The molecular weight excluding hydrogens is 284 g/mol. The van der Waals surface area contributed by atoms with E-state index in [9.17, 15) is 14.9 Å². The van der Waals surface area contributed by atoms with Crippen molar-refractivity contribution in [3.05, 3.63) is 27.9 Å². The van der Waals surface area contributed by atoms with E-state index in [2.05, 4.69) is 5.32 Å². The summed E-state index contributed by atoms with van der Waals surface area (Å²) in [4.78, 5) is 24.4. The van der Waals surface area contributed by atoms with Gasteiger partial charge in [-0.05, 0) is 36.9 Å². The van der Waals surface area contributed by atoms with Gasteiger partial charge in [0, 0.05) is 19.2 Å². The van der Waals surface area contributed by atoms with E-state index in [0.717, 1.165) is 13.0 Å². The van der Waals surface area contributed by atoms with Crippen LogP contribution in [-0.4, -0.2) is 47.0 Å². The first-order valence-corrected chi connectivity index (χ1v) is 6.28. The summed E-state index contributed by atoms with van der Waals surface area (Å²) in [7, 11) is 3.44. The minimum absolute atomic E-state index is 0. The van der Waals surface area contributed by atoms with Crippen molar-refractivity contribution >= 4 is 24.1 Å². The SMILES string of the molecule is CNCC1CCN(C(=O)c2ccc([N+](=O)[O-])n2C)C1.Cl. The topological polar surface area (TPSA) is 80.4 Å². The summed E-state index contributed by atoms with van der Waals surface area (Å²) < 4.78 is 1.34. The minimum atomic E-state index is -0.482. The van der Waals surface area contributed by atoms with Crippen LogP contribution in [0.25, 0.3) is 0 Å². The predicted molar refractivity (Wildman–Crippen MR) is 77.3 cm³/mol. The third-order valence-electron chi connectivity index (χ3n) is 3.57. The van der Waals surface area contributed by atoms with E-state index < -0.39 is 4.92 Å². The molecule has 0 spiro atoms. The molecule has 2 rings (SSSR count). The molecule has 1 atom stereocenters. The number of hydrogen-bond donors (Lipinski definition) is 1. The van der Waals surface area contributed by atoms with Crippen molar-refractivity contribution in [1.82, 2.24) is 14.8 Å². The molecule has 0 radical (unpaired) electrons. The van der Waals surface area contributed by atoms with Gasteiger partial charge in [-0.3, -0.25) is 4.79 Å². The monoisotopic (exact) mass is 302 g/mol. The van der Waals surface area contributed by atoms with Crippen LogP contribution in [0.1, 0.15) is 16.9 Å². The van der Waals surface area contributed by atoms with Crippen LogP contribution >= 0.6 is 12.4 Å². The molecule has 1 aliphatic heterocycles. The predicted octanol–water partition coefficient (Wildman–Crippen LogP) is 1.04. The summed E-state index contributed by atoms with van der Waals surface area (Å²) in [6, 6.07) is 2.89. The number of carbonyl (C=O) groups excluding carboxylic acids is 1. The van der Waals surface area contributed by atoms with Crippen molar-refractivity contribution < 1.29 is 9.72 Å². The Kier molecular flexibility index (Phi) is 5.52. The summed E-state index contributed by atoms with van der Waals surface area (Å²) in [6.07, 6.45) is 0.971. The van der Waals surface area contributed by atoms with E-state index in [1.807, 2.05) is 7.05 Å². The molecule has 20 heavy (non-hydrogen) atoms. The second-order valence-electron chi connectivity index (χ2n) is 4.86. The van der Waals surface area contributed by atoms with Crippen molar-refractivity contribution in [2.75, 3.05) is 26.7 Å². The molecule has 1 aliphatic rings. The quantitative estimate of drug-likeness (QED) is 0.665. The Morgan fingerprint density at radius 3 is 2.80 bits per heavy atom. The summed E-state index contributed by atoms with van der Waals surface area (Å²) in [5.74, 6) is 0.271. The highest BCUT2D eigenvalue weighted by Crippen LogP contribution is 2.21. The van der Waals surface area contributed by atoms with Crippen molar-refractivity contribution in [3.63, 3.8) is 0 Å². The largest absolute Gasteiger partial charge is 0.358 e. The summed E-state index contributed by atoms with van der Waals surface area (Å²) in [5, 5.41) is 13.9. The van der Waals surface area contributed by atoms with Crippen LogP contribution in [0.4, 0.5) is 5.82 Å². The molecule has 8 heteroatoms. The van der Waals surface area contributed by atoms with Gasteiger partial charge in [0.25, 0.3) is 5.91 Å². The van der Waals surface area contributed by atoms with E-state index in [-0.39, 0.29) is 24.1 Å². The van der Waals surface area contributed by atoms with Gasteiger partial charge in [-0.25, -0.2) is 4.57 Å². The number of carbonyl (C=O) groups is 1. The van der Waals surface area contributed by atoms with Crippen LogP contribution in [0.15, 0.2) is 12.1 Å². The number of nitro groups is 1. The van der Waals surface area contributed by atoms with Crippen molar-refractivity contribution in [3.8, 4) is 0 Å². The van der Waals surface area contributed by atoms with Gasteiger partial charge in [0.05, 0.1) is 7.05 Å². The van der Waals surface area contributed by atoms with E-state index in [1.54, 1.807) is 11.9 Å². The van der Waals surface area contributed by atoms with Crippen molar-refractivity contribution in [2.24, 2.45) is 13.0 Å². The van der Waals surface area contributed by atoms with Gasteiger partial charge in [-0.2, -0.15) is 0 Å². The van der Waals surface area contributed by atoms with E-state index in [0.29, 0.717) is 24.7 Å². The highest BCUT2D eigenvalue weighted by Gasteiger charge is 2.30. The number of hydrogen-bond acceptors (Lipinski definition) is 4. The van der Waals surface area contributed by atoms with Crippen LogP contribution in [0.2, 0.25) is 0 Å². The maximum Gasteiger partial charge on any atom is 0.323 e. The van der Waals surface area contributed by atoms with Crippen LogP contribution in [0.3, 0.4) is 0 Å². The van der Waals surface area contributed by atoms with E-state index in [1.165, 1.54) is 16.7 Å². The molecule has 1 saturated heterocycles. The molecule has 0 saturated carbocycles. The Morgan fingerprint density at radius 1 is 1.55 bits per heavy atom. The first-order chi connectivity index (χ1) is 9.04. The van der Waals surface area contributed by atoms with Gasteiger partial charge in [0.2, 0.25) is 0 Å². The molecule has 7 nitrogen and oxygen atoms in total. The third-order valence-corrected chi connectivity index (χ3v) is 3.57. The summed E-state index contributed by atoms with van der Waals surface area (Å²) >= 11 is 0. The molecule has 1 N–H and O–H groups in total. The lowest BCUT2D eigenvalue weighted by Crippen LogP contribution is -2.31. The molecule has 1 unspecified atom stereocenters. The molecule has 1 amide bonds. The smallest absolute Gasteiger partial charge is 0.323 e. The Bertz CT molecular complexity index is 503. The molecule has 1 fully saturated rings. The molecule has 0 bridgehead atoms. The van der Waals surface area contributed by atoms with Crippen LogP contribution in [-0.2, 0) is 7.05 Å². The van der Waals surface area contributed by atoms with Crippen molar-refractivity contribution in [1.29, 1.82) is 0 Å². The Hall–Kier alpha value is -1.60. The Balaban J connectivity index is 0.00000200. The van der Waals surface area contributed by atoms with Gasteiger partial charge < -0.3 is 20.3 Å². The average Bonchev–Trinajstić information content (AvgIpc) is 2.95. The number of halogens is 1. The number of amides is 1. The van der Waals surface area contributed by atoms with Crippen LogP contribution in [0, 0.1) is 16.0 Å². The maximum absolute atomic E-state index is 12.3. The van der Waals surface area contributed by atoms with E-state index >= 15 is 0 Å². The zero-order chi connectivity index (χ0) is 14.0. The summed E-state index contributed by atoms with van der Waals surface area (Å²) in [6.45, 7) is 2.31. The van der Waals surface area contributed by atoms with Gasteiger partial charge in [0.1, 0.15) is 0 Å². The maximum atomic E-state index is 12.3. The second kappa shape index (κ2) is 6.71. The van der Waals surface area contributed by atoms with Crippen molar-refractivity contribution in [2.45, 2.75) is 6.42 Å². The molecule has 1 aromatic rings. The molecule has 0 aliphatic carbocycles. The van der Waals surface area contributed by atoms with Crippen LogP contribution in [0.5, 0.6) is 0 Å². The lowest BCUT2D eigenvalue weighted by molar-refractivity contribution is -0.391. The molecule has 1 aromatic heterocycles. The van der Waals surface area contributed by atoms with Crippen LogP contribution < -0.4 is 5.32 Å². The van der Waals surface area contributed by atoms with Gasteiger partial charge >= 0.3 is 5.82 Å². The van der Waals surface area contributed by atoms with Gasteiger partial charge in [-0.1, -0.05) is 0 Å². The number of rotatable bonds is 4. The number of aromatic nitrogens is 1. The molecule has 0 aromatic carbocycles. The first kappa shape index (κ1) is 16.5. The highest BCUT2D eigenvalue weighted by molar-refractivity contribution is 5.93. The standard InChI is InChI=1S/C12H18N4O3.ClH/c1-13-7-9-5-6-15(8-9)12(17)10-3-4-11(14(10)2)16(18)19;/h3-4,9,13H,5-8H2,1-2H3;1H. The third kappa shape index (κ3) is 3.10. The fourth-order valence-electron chi connectivity index (χ4n) is 2.53. The average molecular weight is 303 g/mol. The Labute approximate surface area is 123 Å². The number of nitrogens with zero attached hydrogens (tertiary/aromatic N) is 3. The molecular formula is C12H19ClN4O3. The minimum Gasteiger partial charge on any atom is -0.358 e. The normalized spacial score (nSPS) is 17.9. The Morgan fingerprint density at radius 2 is 2.25 bits per heavy atom. The number of nitrogens with one attached hydrogen (secondary N) is 1. The van der Waals surface area contributed by atoms with Gasteiger partial charge in [-0.15, -0.1) is 12.4 Å². The molecule has 2 heterocycles. The number of likely N-dealkylation sites (tertiary alicyclic amines) is 1. The fourth-order valence-corrected chi connectivity index (χ4v) is 2.53. The fraction of sp³-hybridized carbons (Fsp3) is 0.583. The van der Waals surface area contributed by atoms with E-state index in [4.69, 9.17) is 0 Å². The zero-order valence-corrected chi connectivity index (χ0v) is 12.4.